The summed E-state index contributed by atoms with van der Waals surface area (Å²) in [7, 11) is 1.94. The second kappa shape index (κ2) is 7.15. The Morgan fingerprint density at radius 3 is 2.77 bits per heavy atom. The van der Waals surface area contributed by atoms with Gasteiger partial charge in [-0.1, -0.05) is 18.2 Å². The lowest BCUT2D eigenvalue weighted by molar-refractivity contribution is -0.134. The fraction of sp³-hybridized carbons (Fsp3) is 0.350. The zero-order valence-electron chi connectivity index (χ0n) is 15.0. The lowest BCUT2D eigenvalue weighted by Crippen LogP contribution is -2.40. The summed E-state index contributed by atoms with van der Waals surface area (Å²) in [5.74, 6) is 0.134. The number of para-hydroxylation sites is 1. The van der Waals surface area contributed by atoms with Crippen molar-refractivity contribution in [3.8, 4) is 5.69 Å². The predicted molar refractivity (Wildman–Crippen MR) is 98.8 cm³/mol. The van der Waals surface area contributed by atoms with Crippen molar-refractivity contribution in [2.24, 2.45) is 7.05 Å². The molecule has 0 bridgehead atoms. The van der Waals surface area contributed by atoms with Crippen LogP contribution in [-0.2, 0) is 18.3 Å². The molecule has 1 amide bonds. The third-order valence-corrected chi connectivity index (χ3v) is 5.02. The van der Waals surface area contributed by atoms with Crippen molar-refractivity contribution in [2.45, 2.75) is 31.7 Å². The molecule has 26 heavy (non-hydrogen) atoms. The Kier molecular flexibility index (Phi) is 4.56. The van der Waals surface area contributed by atoms with Crippen LogP contribution in [0, 0.1) is 0 Å². The summed E-state index contributed by atoms with van der Waals surface area (Å²) >= 11 is 0. The highest BCUT2D eigenvalue weighted by molar-refractivity contribution is 5.79. The molecule has 2 aromatic heterocycles. The third kappa shape index (κ3) is 3.27. The summed E-state index contributed by atoms with van der Waals surface area (Å²) in [5.41, 5.74) is 2.90. The summed E-state index contributed by atoms with van der Waals surface area (Å²) in [4.78, 5) is 15.0. The van der Waals surface area contributed by atoms with Crippen molar-refractivity contribution in [1.82, 2.24) is 24.5 Å². The van der Waals surface area contributed by atoms with E-state index in [1.54, 1.807) is 6.20 Å². The van der Waals surface area contributed by atoms with Gasteiger partial charge in [0.1, 0.15) is 0 Å². The fourth-order valence-corrected chi connectivity index (χ4v) is 3.69. The van der Waals surface area contributed by atoms with Crippen molar-refractivity contribution in [2.75, 3.05) is 6.54 Å². The van der Waals surface area contributed by atoms with E-state index in [0.29, 0.717) is 6.42 Å². The molecule has 1 saturated heterocycles. The first kappa shape index (κ1) is 16.6. The van der Waals surface area contributed by atoms with Crippen LogP contribution < -0.4 is 0 Å². The van der Waals surface area contributed by atoms with Gasteiger partial charge in [-0.2, -0.15) is 10.2 Å². The van der Waals surface area contributed by atoms with Gasteiger partial charge in [-0.3, -0.25) is 9.48 Å². The van der Waals surface area contributed by atoms with Crippen molar-refractivity contribution < 1.29 is 4.79 Å². The molecular weight excluding hydrogens is 326 g/mol. The Morgan fingerprint density at radius 2 is 2.00 bits per heavy atom. The molecule has 0 N–H and O–H groups in total. The van der Waals surface area contributed by atoms with Gasteiger partial charge in [0.15, 0.2) is 0 Å². The summed E-state index contributed by atoms with van der Waals surface area (Å²) < 4.78 is 3.69. The van der Waals surface area contributed by atoms with Crippen molar-refractivity contribution in [1.29, 1.82) is 0 Å². The number of hydrogen-bond donors (Lipinski definition) is 0. The number of piperidine rings is 1. The molecule has 4 rings (SSSR count). The standard InChI is InChI=1S/C20H23N5O/c1-23-18(10-12-21-23)19-9-5-6-13-24(19)20(26)15-16-11-14-25(22-16)17-7-3-2-4-8-17/h2-4,7-8,10-12,14,19H,5-6,9,13,15H2,1H3/t19-/m1/s1. The first-order valence-electron chi connectivity index (χ1n) is 9.10. The quantitative estimate of drug-likeness (QED) is 0.728. The molecule has 1 aliphatic heterocycles. The Hall–Kier alpha value is -2.89. The van der Waals surface area contributed by atoms with Gasteiger partial charge in [-0.15, -0.1) is 0 Å². The van der Waals surface area contributed by atoms with E-state index in [9.17, 15) is 4.79 Å². The Bertz CT molecular complexity index is 883. The molecule has 0 unspecified atom stereocenters. The fourth-order valence-electron chi connectivity index (χ4n) is 3.69. The van der Waals surface area contributed by atoms with Crippen LogP contribution in [0.2, 0.25) is 0 Å². The van der Waals surface area contributed by atoms with Gasteiger partial charge in [0.25, 0.3) is 0 Å². The molecule has 0 aliphatic carbocycles. The van der Waals surface area contributed by atoms with Crippen LogP contribution in [-0.4, -0.2) is 36.9 Å². The van der Waals surface area contributed by atoms with Gasteiger partial charge in [-0.25, -0.2) is 4.68 Å². The van der Waals surface area contributed by atoms with Crippen LogP contribution in [0.25, 0.3) is 5.69 Å². The van der Waals surface area contributed by atoms with Gasteiger partial charge < -0.3 is 4.90 Å². The Labute approximate surface area is 153 Å². The largest absolute Gasteiger partial charge is 0.334 e. The van der Waals surface area contributed by atoms with E-state index in [0.717, 1.165) is 42.9 Å². The van der Waals surface area contributed by atoms with Crippen molar-refractivity contribution in [3.05, 3.63) is 66.2 Å². The molecule has 134 valence electrons. The number of likely N-dealkylation sites (tertiary alicyclic amines) is 1. The highest BCUT2D eigenvalue weighted by Gasteiger charge is 2.29. The number of carbonyl (C=O) groups is 1. The minimum Gasteiger partial charge on any atom is -0.334 e. The van der Waals surface area contributed by atoms with Gasteiger partial charge in [-0.05, 0) is 43.5 Å². The molecule has 0 spiro atoms. The molecule has 6 nitrogen and oxygen atoms in total. The molecule has 1 atom stereocenters. The summed E-state index contributed by atoms with van der Waals surface area (Å²) in [5, 5.41) is 8.84. The SMILES string of the molecule is Cn1nccc1[C@H]1CCCCN1C(=O)Cc1ccn(-c2ccccc2)n1. The van der Waals surface area contributed by atoms with Gasteiger partial charge in [0, 0.05) is 26.0 Å². The maximum absolute atomic E-state index is 13.0. The normalized spacial score (nSPS) is 17.4. The minimum absolute atomic E-state index is 0.111. The number of benzene rings is 1. The van der Waals surface area contributed by atoms with Crippen molar-refractivity contribution in [3.63, 3.8) is 0 Å². The van der Waals surface area contributed by atoms with E-state index in [4.69, 9.17) is 0 Å². The zero-order valence-corrected chi connectivity index (χ0v) is 15.0. The number of rotatable bonds is 4. The lowest BCUT2D eigenvalue weighted by atomic mass is 9.98. The number of carbonyl (C=O) groups excluding carboxylic acids is 1. The first-order chi connectivity index (χ1) is 12.7. The van der Waals surface area contributed by atoms with Gasteiger partial charge >= 0.3 is 0 Å². The van der Waals surface area contributed by atoms with Crippen LogP contribution in [0.5, 0.6) is 0 Å². The van der Waals surface area contributed by atoms with E-state index >= 15 is 0 Å². The van der Waals surface area contributed by atoms with E-state index in [1.165, 1.54) is 0 Å². The highest BCUT2D eigenvalue weighted by atomic mass is 16.2. The van der Waals surface area contributed by atoms with Crippen LogP contribution in [0.15, 0.2) is 54.9 Å². The first-order valence-corrected chi connectivity index (χ1v) is 9.10. The number of amides is 1. The predicted octanol–water partition coefficient (Wildman–Crippen LogP) is 2.90. The molecule has 3 aromatic rings. The molecule has 0 radical (unpaired) electrons. The second-order valence-electron chi connectivity index (χ2n) is 6.74. The average Bonchev–Trinajstić information content (AvgIpc) is 3.31. The summed E-state index contributed by atoms with van der Waals surface area (Å²) in [6.45, 7) is 0.800. The van der Waals surface area contributed by atoms with E-state index in [2.05, 4.69) is 10.2 Å². The monoisotopic (exact) mass is 349 g/mol. The number of nitrogens with zero attached hydrogens (tertiary/aromatic N) is 5. The lowest BCUT2D eigenvalue weighted by Gasteiger charge is -2.35. The van der Waals surface area contributed by atoms with E-state index in [-0.39, 0.29) is 11.9 Å². The molecule has 1 aliphatic rings. The summed E-state index contributed by atoms with van der Waals surface area (Å²) in [6.07, 6.45) is 7.22. The molecular formula is C20H23N5O. The van der Waals surface area contributed by atoms with Crippen LogP contribution in [0.3, 0.4) is 0 Å². The average molecular weight is 349 g/mol. The van der Waals surface area contributed by atoms with Crippen molar-refractivity contribution >= 4 is 5.91 Å². The van der Waals surface area contributed by atoms with Gasteiger partial charge in [0.05, 0.1) is 29.5 Å². The highest BCUT2D eigenvalue weighted by Crippen LogP contribution is 2.30. The maximum atomic E-state index is 13.0. The van der Waals surface area contributed by atoms with Crippen LogP contribution in [0.4, 0.5) is 0 Å². The second-order valence-corrected chi connectivity index (χ2v) is 6.74. The minimum atomic E-state index is 0.111. The Morgan fingerprint density at radius 1 is 1.15 bits per heavy atom. The number of hydrogen-bond acceptors (Lipinski definition) is 3. The van der Waals surface area contributed by atoms with E-state index < -0.39 is 0 Å². The molecule has 1 fully saturated rings. The molecule has 6 heteroatoms. The van der Waals surface area contributed by atoms with E-state index in [1.807, 2.05) is 70.0 Å². The smallest absolute Gasteiger partial charge is 0.229 e. The summed E-state index contributed by atoms with van der Waals surface area (Å²) in [6, 6.07) is 14.0. The Balaban J connectivity index is 1.50. The maximum Gasteiger partial charge on any atom is 0.229 e. The van der Waals surface area contributed by atoms with Crippen LogP contribution in [0.1, 0.15) is 36.7 Å². The molecule has 1 aromatic carbocycles. The number of aryl methyl sites for hydroxylation is 1. The molecule has 0 saturated carbocycles. The van der Waals surface area contributed by atoms with Gasteiger partial charge in [0.2, 0.25) is 5.91 Å². The third-order valence-electron chi connectivity index (χ3n) is 5.02. The molecule has 3 heterocycles. The zero-order chi connectivity index (χ0) is 17.9. The van der Waals surface area contributed by atoms with Crippen LogP contribution >= 0.6 is 0 Å². The topological polar surface area (TPSA) is 56.0 Å². The number of aromatic nitrogens is 4.